The number of esters is 1. The molecule has 0 aromatic heterocycles. The van der Waals surface area contributed by atoms with E-state index in [9.17, 15) is 9.90 Å². The number of fused-ring (bicyclic) bond motifs is 1. The number of aliphatic hydroxyl groups excluding tert-OH is 1. The summed E-state index contributed by atoms with van der Waals surface area (Å²) in [7, 11) is -2.05. The van der Waals surface area contributed by atoms with Crippen molar-refractivity contribution in [3.63, 3.8) is 0 Å². The van der Waals surface area contributed by atoms with Gasteiger partial charge >= 0.3 is 5.97 Å². The summed E-state index contributed by atoms with van der Waals surface area (Å²) in [6, 6.07) is 0. The van der Waals surface area contributed by atoms with Gasteiger partial charge in [-0.2, -0.15) is 0 Å². The molecule has 1 N–H and O–H groups in total. The fraction of sp³-hybridized carbons (Fsp3) is 0.842. The van der Waals surface area contributed by atoms with Crippen LogP contribution in [-0.2, 0) is 18.7 Å². The normalized spacial score (nSPS) is 38.6. The topological polar surface area (TPSA) is 65.0 Å². The third-order valence-corrected chi connectivity index (χ3v) is 11.2. The molecule has 0 radical (unpaired) electrons. The Morgan fingerprint density at radius 3 is 2.40 bits per heavy atom. The molecule has 2 heterocycles. The van der Waals surface area contributed by atoms with Gasteiger partial charge in [0.25, 0.3) is 0 Å². The van der Waals surface area contributed by atoms with Crippen molar-refractivity contribution in [2.75, 3.05) is 6.61 Å². The molecule has 0 aliphatic carbocycles. The van der Waals surface area contributed by atoms with Crippen LogP contribution in [0.1, 0.15) is 53.9 Å². The van der Waals surface area contributed by atoms with E-state index >= 15 is 0 Å². The van der Waals surface area contributed by atoms with Crippen LogP contribution in [0.25, 0.3) is 0 Å². The Balaban J connectivity index is 2.44. The number of rotatable bonds is 6. The van der Waals surface area contributed by atoms with Gasteiger partial charge in [-0.15, -0.1) is 6.58 Å². The zero-order chi connectivity index (χ0) is 19.3. The van der Waals surface area contributed by atoms with Crippen LogP contribution >= 0.6 is 0 Å². The van der Waals surface area contributed by atoms with Crippen molar-refractivity contribution in [2.45, 2.75) is 94.9 Å². The monoisotopic (exact) mass is 370 g/mol. The Kier molecular flexibility index (Phi) is 5.10. The third kappa shape index (κ3) is 2.82. The second-order valence-electron chi connectivity index (χ2n) is 8.95. The third-order valence-electron chi connectivity index (χ3n) is 6.68. The lowest BCUT2D eigenvalue weighted by Crippen LogP contribution is -2.58. The molecule has 2 aliphatic heterocycles. The fourth-order valence-electron chi connectivity index (χ4n) is 3.82. The summed E-state index contributed by atoms with van der Waals surface area (Å²) < 4.78 is 18.6. The molecule has 0 saturated carbocycles. The van der Waals surface area contributed by atoms with Gasteiger partial charge in [0, 0.05) is 0 Å². The molecule has 2 saturated heterocycles. The Bertz CT molecular complexity index is 555. The molecule has 2 rings (SSSR count). The summed E-state index contributed by atoms with van der Waals surface area (Å²) in [6.45, 7) is 18.8. The predicted molar refractivity (Wildman–Crippen MR) is 99.9 cm³/mol. The summed E-state index contributed by atoms with van der Waals surface area (Å²) in [5.74, 6) is -0.339. The molecule has 0 aromatic carbocycles. The van der Waals surface area contributed by atoms with Crippen LogP contribution in [-0.4, -0.2) is 48.9 Å². The maximum Gasteiger partial charge on any atom is 0.309 e. The number of hydrogen-bond donors (Lipinski definition) is 1. The van der Waals surface area contributed by atoms with Crippen molar-refractivity contribution in [1.29, 1.82) is 0 Å². The Morgan fingerprint density at radius 2 is 1.96 bits per heavy atom. The van der Waals surface area contributed by atoms with Gasteiger partial charge in [-0.3, -0.25) is 4.79 Å². The molecule has 0 aromatic rings. The maximum absolute atomic E-state index is 12.2. The molecular formula is C19H34O5Si. The molecule has 0 bridgehead atoms. The average molecular weight is 371 g/mol. The van der Waals surface area contributed by atoms with E-state index in [0.29, 0.717) is 12.8 Å². The van der Waals surface area contributed by atoms with Crippen LogP contribution in [0.5, 0.6) is 0 Å². The number of carbonyl (C=O) groups excluding carboxylic acids is 1. The van der Waals surface area contributed by atoms with Crippen molar-refractivity contribution >= 4 is 14.3 Å². The van der Waals surface area contributed by atoms with E-state index in [4.69, 9.17) is 13.9 Å². The van der Waals surface area contributed by atoms with Crippen molar-refractivity contribution < 1.29 is 23.8 Å². The van der Waals surface area contributed by atoms with Crippen LogP contribution in [0.4, 0.5) is 0 Å². The highest BCUT2D eigenvalue weighted by molar-refractivity contribution is 6.74. The van der Waals surface area contributed by atoms with Crippen molar-refractivity contribution in [3.8, 4) is 0 Å². The van der Waals surface area contributed by atoms with Crippen LogP contribution in [0.3, 0.4) is 0 Å². The smallest absolute Gasteiger partial charge is 0.309 e. The number of aliphatic hydroxyl groups is 1. The highest BCUT2D eigenvalue weighted by Gasteiger charge is 2.75. The van der Waals surface area contributed by atoms with Crippen LogP contribution in [0, 0.1) is 0 Å². The zero-order valence-corrected chi connectivity index (χ0v) is 17.8. The van der Waals surface area contributed by atoms with E-state index in [1.165, 1.54) is 0 Å². The molecule has 0 unspecified atom stereocenters. The minimum atomic E-state index is -2.05. The van der Waals surface area contributed by atoms with Gasteiger partial charge in [0.2, 0.25) is 0 Å². The summed E-state index contributed by atoms with van der Waals surface area (Å²) in [5.41, 5.74) is -2.98. The first-order chi connectivity index (χ1) is 11.4. The molecule has 144 valence electrons. The first-order valence-electron chi connectivity index (χ1n) is 9.23. The predicted octanol–water partition coefficient (Wildman–Crippen LogP) is 3.57. The molecular weight excluding hydrogens is 336 g/mol. The first kappa shape index (κ1) is 20.6. The van der Waals surface area contributed by atoms with Crippen molar-refractivity contribution in [2.24, 2.45) is 0 Å². The average Bonchev–Trinajstić information content (AvgIpc) is 2.91. The van der Waals surface area contributed by atoms with Gasteiger partial charge in [0.1, 0.15) is 17.3 Å². The highest BCUT2D eigenvalue weighted by atomic mass is 28.4. The molecule has 2 fully saturated rings. The number of carbonyl (C=O) groups is 1. The standard InChI is InChI=1S/C19H34O5Si/c1-9-17(10-2)15(21)19(11-3)18(24-17,12-14(20)23-19)13-22-25(7,8)16(4,5)6/h9,15,21H,1,10-13H2,2-8H3/t15-,17+,18+,19-/m1/s1. The van der Waals surface area contributed by atoms with Gasteiger partial charge in [-0.25, -0.2) is 0 Å². The van der Waals surface area contributed by atoms with E-state index in [0.717, 1.165) is 0 Å². The summed E-state index contributed by atoms with van der Waals surface area (Å²) >= 11 is 0. The van der Waals surface area contributed by atoms with E-state index in [1.807, 2.05) is 13.8 Å². The minimum Gasteiger partial charge on any atom is -0.453 e. The van der Waals surface area contributed by atoms with E-state index in [-0.39, 0.29) is 24.0 Å². The molecule has 5 nitrogen and oxygen atoms in total. The lowest BCUT2D eigenvalue weighted by molar-refractivity contribution is -0.163. The summed E-state index contributed by atoms with van der Waals surface area (Å²) in [5, 5.41) is 11.2. The largest absolute Gasteiger partial charge is 0.453 e. The lowest BCUT2D eigenvalue weighted by Gasteiger charge is -2.42. The molecule has 0 spiro atoms. The Morgan fingerprint density at radius 1 is 1.36 bits per heavy atom. The zero-order valence-electron chi connectivity index (χ0n) is 16.8. The molecule has 6 heteroatoms. The van der Waals surface area contributed by atoms with Gasteiger partial charge in [-0.1, -0.05) is 40.7 Å². The summed E-state index contributed by atoms with van der Waals surface area (Å²) in [6.07, 6.45) is 1.81. The minimum absolute atomic E-state index is 0.0412. The fourth-order valence-corrected chi connectivity index (χ4v) is 4.85. The number of hydrogen-bond acceptors (Lipinski definition) is 5. The molecule has 0 amide bonds. The van der Waals surface area contributed by atoms with E-state index < -0.39 is 31.2 Å². The lowest BCUT2D eigenvalue weighted by atomic mass is 9.75. The van der Waals surface area contributed by atoms with Crippen LogP contribution < -0.4 is 0 Å². The summed E-state index contributed by atoms with van der Waals surface area (Å²) in [4.78, 5) is 12.2. The Hall–Kier alpha value is -0.693. The second kappa shape index (κ2) is 6.18. The molecule has 25 heavy (non-hydrogen) atoms. The highest BCUT2D eigenvalue weighted by Crippen LogP contribution is 2.57. The van der Waals surface area contributed by atoms with Crippen molar-refractivity contribution in [1.82, 2.24) is 0 Å². The van der Waals surface area contributed by atoms with Gasteiger partial charge < -0.3 is 19.0 Å². The quantitative estimate of drug-likeness (QED) is 0.440. The van der Waals surface area contributed by atoms with Gasteiger partial charge in [0.05, 0.1) is 13.0 Å². The molecule has 4 atom stereocenters. The van der Waals surface area contributed by atoms with Gasteiger partial charge in [0.15, 0.2) is 13.9 Å². The first-order valence-corrected chi connectivity index (χ1v) is 12.1. The van der Waals surface area contributed by atoms with E-state index in [2.05, 4.69) is 40.4 Å². The van der Waals surface area contributed by atoms with Crippen LogP contribution in [0.2, 0.25) is 18.1 Å². The number of ether oxygens (including phenoxy) is 2. The molecule has 2 aliphatic rings. The van der Waals surface area contributed by atoms with Gasteiger partial charge in [-0.05, 0) is 31.0 Å². The van der Waals surface area contributed by atoms with E-state index in [1.54, 1.807) is 6.08 Å². The van der Waals surface area contributed by atoms with Crippen molar-refractivity contribution in [3.05, 3.63) is 12.7 Å². The SMILES string of the molecule is C=C[C@@]1(CC)O[C@]2(CO[Si](C)(C)C(C)(C)C)CC(=O)O[C@]2(CC)[C@@H]1O. The second-order valence-corrected chi connectivity index (χ2v) is 13.8. The maximum atomic E-state index is 12.2. The van der Waals surface area contributed by atoms with Crippen LogP contribution in [0.15, 0.2) is 12.7 Å². The Labute approximate surface area is 152 Å².